The van der Waals surface area contributed by atoms with Gasteiger partial charge in [0.15, 0.2) is 0 Å². The summed E-state index contributed by atoms with van der Waals surface area (Å²) in [5.74, 6) is 0. The molecular formula is C30H23N. The molecule has 0 aliphatic carbocycles. The molecule has 0 saturated carbocycles. The van der Waals surface area contributed by atoms with E-state index in [4.69, 9.17) is 5.41 Å². The first-order chi connectivity index (χ1) is 15.2. The zero-order valence-corrected chi connectivity index (χ0v) is 17.5. The predicted octanol–water partition coefficient (Wildman–Crippen LogP) is 8.15. The van der Waals surface area contributed by atoms with Crippen molar-refractivity contribution < 1.29 is 0 Å². The molecule has 0 radical (unpaired) electrons. The van der Waals surface area contributed by atoms with Gasteiger partial charge in [0.05, 0.1) is 0 Å². The fourth-order valence-corrected chi connectivity index (χ4v) is 4.34. The van der Waals surface area contributed by atoms with Crippen LogP contribution in [-0.2, 0) is 0 Å². The first kappa shape index (κ1) is 19.0. The van der Waals surface area contributed by atoms with Crippen molar-refractivity contribution in [2.75, 3.05) is 0 Å². The Balaban J connectivity index is 1.62. The van der Waals surface area contributed by atoms with Crippen LogP contribution in [0.1, 0.15) is 11.1 Å². The average molecular weight is 398 g/mol. The molecule has 0 bridgehead atoms. The Bertz CT molecular complexity index is 1400. The zero-order valence-electron chi connectivity index (χ0n) is 17.5. The van der Waals surface area contributed by atoms with E-state index in [-0.39, 0.29) is 0 Å². The Labute approximate surface area is 183 Å². The van der Waals surface area contributed by atoms with Gasteiger partial charge in [-0.1, -0.05) is 103 Å². The first-order valence-electron chi connectivity index (χ1n) is 10.5. The minimum atomic E-state index is 0.945. The van der Waals surface area contributed by atoms with Crippen molar-refractivity contribution in [2.24, 2.45) is 0 Å². The number of hydrogen-bond donors (Lipinski definition) is 1. The van der Waals surface area contributed by atoms with Crippen LogP contribution < -0.4 is 0 Å². The van der Waals surface area contributed by atoms with Gasteiger partial charge in [0.2, 0.25) is 0 Å². The third kappa shape index (κ3) is 3.55. The van der Waals surface area contributed by atoms with Crippen molar-refractivity contribution in [3.8, 4) is 33.4 Å². The van der Waals surface area contributed by atoms with Crippen LogP contribution in [0.5, 0.6) is 0 Å². The second-order valence-corrected chi connectivity index (χ2v) is 7.87. The maximum atomic E-state index is 7.94. The minimum Gasteiger partial charge on any atom is -0.308 e. The summed E-state index contributed by atoms with van der Waals surface area (Å²) in [6, 6.07) is 38.4. The van der Waals surface area contributed by atoms with Crippen molar-refractivity contribution >= 4 is 17.0 Å². The Kier molecular flexibility index (Phi) is 4.93. The molecule has 0 saturated heterocycles. The number of benzene rings is 5. The van der Waals surface area contributed by atoms with E-state index in [1.54, 1.807) is 0 Å². The Morgan fingerprint density at radius 2 is 1.26 bits per heavy atom. The van der Waals surface area contributed by atoms with Crippen molar-refractivity contribution in [2.45, 2.75) is 6.92 Å². The second kappa shape index (κ2) is 8.04. The molecule has 5 rings (SSSR count). The van der Waals surface area contributed by atoms with Crippen LogP contribution in [0.15, 0.2) is 109 Å². The Morgan fingerprint density at radius 3 is 2.03 bits per heavy atom. The molecule has 0 fully saturated rings. The van der Waals surface area contributed by atoms with Crippen LogP contribution in [0.25, 0.3) is 44.2 Å². The quantitative estimate of drug-likeness (QED) is 0.296. The fourth-order valence-electron chi connectivity index (χ4n) is 4.34. The second-order valence-electron chi connectivity index (χ2n) is 7.87. The summed E-state index contributed by atoms with van der Waals surface area (Å²) >= 11 is 0. The molecule has 0 aliphatic heterocycles. The van der Waals surface area contributed by atoms with E-state index in [1.165, 1.54) is 50.4 Å². The number of fused-ring (bicyclic) bond motifs is 1. The molecule has 0 spiro atoms. The lowest BCUT2D eigenvalue weighted by molar-refractivity contribution is 1.45. The van der Waals surface area contributed by atoms with Gasteiger partial charge in [-0.05, 0) is 62.7 Å². The van der Waals surface area contributed by atoms with Crippen LogP contribution in [-0.4, -0.2) is 6.21 Å². The largest absolute Gasteiger partial charge is 0.308 e. The van der Waals surface area contributed by atoms with Crippen LogP contribution in [0.2, 0.25) is 0 Å². The highest BCUT2D eigenvalue weighted by molar-refractivity contribution is 6.05. The molecule has 1 heteroatoms. The van der Waals surface area contributed by atoms with Crippen LogP contribution >= 0.6 is 0 Å². The normalized spacial score (nSPS) is 10.9. The predicted molar refractivity (Wildman–Crippen MR) is 133 cm³/mol. The lowest BCUT2D eigenvalue weighted by atomic mass is 9.89. The average Bonchev–Trinajstić information content (AvgIpc) is 2.84. The highest BCUT2D eigenvalue weighted by Gasteiger charge is 2.12. The first-order valence-corrected chi connectivity index (χ1v) is 10.5. The van der Waals surface area contributed by atoms with E-state index in [1.807, 2.05) is 12.1 Å². The molecule has 0 aliphatic rings. The molecule has 148 valence electrons. The molecule has 0 unspecified atom stereocenters. The summed E-state index contributed by atoms with van der Waals surface area (Å²) in [5, 5.41) is 10.3. The highest BCUT2D eigenvalue weighted by atomic mass is 14.3. The maximum absolute atomic E-state index is 7.94. The number of nitrogens with one attached hydrogen (secondary N) is 1. The minimum absolute atomic E-state index is 0.945. The van der Waals surface area contributed by atoms with E-state index in [0.717, 1.165) is 11.1 Å². The molecule has 5 aromatic rings. The van der Waals surface area contributed by atoms with Gasteiger partial charge in [0.1, 0.15) is 0 Å². The summed E-state index contributed by atoms with van der Waals surface area (Å²) in [7, 11) is 0. The lowest BCUT2D eigenvalue weighted by Crippen LogP contribution is -1.93. The van der Waals surface area contributed by atoms with Gasteiger partial charge in [0, 0.05) is 11.8 Å². The van der Waals surface area contributed by atoms with Crippen LogP contribution in [0.3, 0.4) is 0 Å². The third-order valence-corrected chi connectivity index (χ3v) is 5.92. The van der Waals surface area contributed by atoms with Crippen LogP contribution in [0, 0.1) is 12.3 Å². The van der Waals surface area contributed by atoms with Gasteiger partial charge >= 0.3 is 0 Å². The molecule has 1 nitrogen and oxygen atoms in total. The van der Waals surface area contributed by atoms with Crippen LogP contribution in [0.4, 0.5) is 0 Å². The summed E-state index contributed by atoms with van der Waals surface area (Å²) < 4.78 is 0. The van der Waals surface area contributed by atoms with Gasteiger partial charge in [-0.15, -0.1) is 0 Å². The summed E-state index contributed by atoms with van der Waals surface area (Å²) in [6.45, 7) is 2.16. The number of hydrogen-bond acceptors (Lipinski definition) is 1. The van der Waals surface area contributed by atoms with Crippen molar-refractivity contribution in [3.05, 3.63) is 120 Å². The topological polar surface area (TPSA) is 23.9 Å². The lowest BCUT2D eigenvalue weighted by Gasteiger charge is -2.15. The third-order valence-electron chi connectivity index (χ3n) is 5.92. The smallest absolute Gasteiger partial charge is 0.0256 e. The standard InChI is InChI=1S/C30H23N/c1-21-18-26(25-12-7-11-24(19-25)22-8-3-2-4-9-22)16-17-28(21)30-27(20-31)15-14-23-10-5-6-13-29(23)30/h2-20,31H,1H3. The maximum Gasteiger partial charge on any atom is 0.0256 e. The van der Waals surface area contributed by atoms with Gasteiger partial charge in [-0.2, -0.15) is 0 Å². The summed E-state index contributed by atoms with van der Waals surface area (Å²) in [6.07, 6.45) is 1.46. The van der Waals surface area contributed by atoms with Crippen molar-refractivity contribution in [1.29, 1.82) is 5.41 Å². The van der Waals surface area contributed by atoms with E-state index in [2.05, 4.69) is 104 Å². The highest BCUT2D eigenvalue weighted by Crippen LogP contribution is 2.36. The van der Waals surface area contributed by atoms with Crippen molar-refractivity contribution in [1.82, 2.24) is 0 Å². The fraction of sp³-hybridized carbons (Fsp3) is 0.0333. The van der Waals surface area contributed by atoms with E-state index in [0.29, 0.717) is 0 Å². The van der Waals surface area contributed by atoms with Gasteiger partial charge in [-0.25, -0.2) is 0 Å². The molecule has 5 aromatic carbocycles. The Hall–Kier alpha value is -3.97. The molecule has 0 heterocycles. The van der Waals surface area contributed by atoms with Gasteiger partial charge < -0.3 is 5.41 Å². The molecule has 0 amide bonds. The van der Waals surface area contributed by atoms with Gasteiger partial charge in [0.25, 0.3) is 0 Å². The molecule has 31 heavy (non-hydrogen) atoms. The molecule has 0 aromatic heterocycles. The zero-order chi connectivity index (χ0) is 21.2. The SMILES string of the molecule is Cc1cc(-c2cccc(-c3ccccc3)c2)ccc1-c1c(C=N)ccc2ccccc12. The Morgan fingerprint density at radius 1 is 0.581 bits per heavy atom. The molecular weight excluding hydrogens is 374 g/mol. The molecule has 1 N–H and O–H groups in total. The monoisotopic (exact) mass is 397 g/mol. The van der Waals surface area contributed by atoms with E-state index >= 15 is 0 Å². The molecule has 0 atom stereocenters. The summed E-state index contributed by atoms with van der Waals surface area (Å²) in [5.41, 5.74) is 9.33. The number of rotatable bonds is 4. The van der Waals surface area contributed by atoms with Crippen molar-refractivity contribution in [3.63, 3.8) is 0 Å². The van der Waals surface area contributed by atoms with E-state index in [9.17, 15) is 0 Å². The number of aryl methyl sites for hydroxylation is 1. The van der Waals surface area contributed by atoms with E-state index < -0.39 is 0 Å². The van der Waals surface area contributed by atoms with Gasteiger partial charge in [-0.3, -0.25) is 0 Å². The summed E-state index contributed by atoms with van der Waals surface area (Å²) in [4.78, 5) is 0.